The smallest absolute Gasteiger partial charge is 0.255 e. The summed E-state index contributed by atoms with van der Waals surface area (Å²) in [5.41, 5.74) is 2.27. The van der Waals surface area contributed by atoms with Crippen molar-refractivity contribution in [2.24, 2.45) is 0 Å². The van der Waals surface area contributed by atoms with Gasteiger partial charge in [0.25, 0.3) is 5.91 Å². The SMILES string of the molecule is COc1ccc(C(=O)Nc2ccc(NCc3ccco3)cc2)cc1. The zero-order valence-corrected chi connectivity index (χ0v) is 13.3. The van der Waals surface area contributed by atoms with E-state index in [-0.39, 0.29) is 5.91 Å². The highest BCUT2D eigenvalue weighted by atomic mass is 16.5. The fourth-order valence-corrected chi connectivity index (χ4v) is 2.22. The highest BCUT2D eigenvalue weighted by Crippen LogP contribution is 2.17. The highest BCUT2D eigenvalue weighted by molar-refractivity contribution is 6.04. The summed E-state index contributed by atoms with van der Waals surface area (Å²) in [6, 6.07) is 18.3. The molecule has 2 aromatic carbocycles. The summed E-state index contributed by atoms with van der Waals surface area (Å²) < 4.78 is 10.4. The summed E-state index contributed by atoms with van der Waals surface area (Å²) in [6.07, 6.45) is 1.65. The van der Waals surface area contributed by atoms with Gasteiger partial charge in [-0.2, -0.15) is 0 Å². The molecule has 5 nitrogen and oxygen atoms in total. The van der Waals surface area contributed by atoms with Crippen molar-refractivity contribution < 1.29 is 13.9 Å². The third-order valence-corrected chi connectivity index (χ3v) is 3.54. The van der Waals surface area contributed by atoms with Crippen molar-refractivity contribution >= 4 is 17.3 Å². The number of carbonyl (C=O) groups is 1. The van der Waals surface area contributed by atoms with Crippen LogP contribution in [0.15, 0.2) is 71.3 Å². The lowest BCUT2D eigenvalue weighted by Gasteiger charge is -2.08. The molecule has 0 radical (unpaired) electrons. The molecule has 3 rings (SSSR count). The molecule has 24 heavy (non-hydrogen) atoms. The number of hydrogen-bond acceptors (Lipinski definition) is 4. The Labute approximate surface area is 140 Å². The molecule has 0 aliphatic heterocycles. The van der Waals surface area contributed by atoms with Crippen molar-refractivity contribution in [3.63, 3.8) is 0 Å². The van der Waals surface area contributed by atoms with E-state index in [4.69, 9.17) is 9.15 Å². The fourth-order valence-electron chi connectivity index (χ4n) is 2.22. The van der Waals surface area contributed by atoms with E-state index in [0.717, 1.165) is 22.9 Å². The minimum atomic E-state index is -0.158. The Hall–Kier alpha value is -3.21. The molecule has 0 fully saturated rings. The predicted octanol–water partition coefficient (Wildman–Crippen LogP) is 4.15. The first-order valence-corrected chi connectivity index (χ1v) is 7.56. The Morgan fingerprint density at radius 1 is 1.00 bits per heavy atom. The van der Waals surface area contributed by atoms with Crippen LogP contribution >= 0.6 is 0 Å². The summed E-state index contributed by atoms with van der Waals surface area (Å²) in [6.45, 7) is 0.616. The van der Waals surface area contributed by atoms with Crippen molar-refractivity contribution in [3.8, 4) is 5.75 Å². The van der Waals surface area contributed by atoms with Crippen molar-refractivity contribution in [3.05, 3.63) is 78.3 Å². The maximum Gasteiger partial charge on any atom is 0.255 e. The van der Waals surface area contributed by atoms with Crippen molar-refractivity contribution in [2.75, 3.05) is 17.7 Å². The second-order valence-electron chi connectivity index (χ2n) is 5.19. The van der Waals surface area contributed by atoms with E-state index >= 15 is 0 Å². The van der Waals surface area contributed by atoms with Gasteiger partial charge in [-0.15, -0.1) is 0 Å². The van der Waals surface area contributed by atoms with E-state index in [1.165, 1.54) is 0 Å². The third-order valence-electron chi connectivity index (χ3n) is 3.54. The van der Waals surface area contributed by atoms with Crippen molar-refractivity contribution in [1.82, 2.24) is 0 Å². The van der Waals surface area contributed by atoms with Crippen LogP contribution in [0.25, 0.3) is 0 Å². The molecule has 5 heteroatoms. The molecule has 2 N–H and O–H groups in total. The average Bonchev–Trinajstić information content (AvgIpc) is 3.15. The van der Waals surface area contributed by atoms with Gasteiger partial charge in [-0.05, 0) is 60.7 Å². The number of ether oxygens (including phenoxy) is 1. The van der Waals surface area contributed by atoms with Crippen LogP contribution in [-0.2, 0) is 6.54 Å². The van der Waals surface area contributed by atoms with E-state index in [2.05, 4.69) is 10.6 Å². The van der Waals surface area contributed by atoms with E-state index in [9.17, 15) is 4.79 Å². The number of hydrogen-bond donors (Lipinski definition) is 2. The number of furan rings is 1. The molecule has 0 atom stereocenters. The third kappa shape index (κ3) is 3.95. The normalized spacial score (nSPS) is 10.2. The van der Waals surface area contributed by atoms with Crippen LogP contribution in [0.1, 0.15) is 16.1 Å². The molecule has 1 amide bonds. The first-order chi connectivity index (χ1) is 11.7. The van der Waals surface area contributed by atoms with Gasteiger partial charge in [0, 0.05) is 16.9 Å². The van der Waals surface area contributed by atoms with Crippen LogP contribution in [-0.4, -0.2) is 13.0 Å². The highest BCUT2D eigenvalue weighted by Gasteiger charge is 2.06. The van der Waals surface area contributed by atoms with E-state index in [1.54, 1.807) is 37.6 Å². The number of methoxy groups -OCH3 is 1. The minimum Gasteiger partial charge on any atom is -0.497 e. The zero-order chi connectivity index (χ0) is 16.8. The van der Waals surface area contributed by atoms with Gasteiger partial charge in [0.15, 0.2) is 0 Å². The summed E-state index contributed by atoms with van der Waals surface area (Å²) in [5, 5.41) is 6.12. The molecule has 3 aromatic rings. The van der Waals surface area contributed by atoms with Gasteiger partial charge < -0.3 is 19.8 Å². The van der Waals surface area contributed by atoms with E-state index in [1.807, 2.05) is 36.4 Å². The number of amides is 1. The van der Waals surface area contributed by atoms with Gasteiger partial charge in [0.05, 0.1) is 19.9 Å². The number of nitrogens with one attached hydrogen (secondary N) is 2. The molecular formula is C19H18N2O3. The molecule has 1 aromatic heterocycles. The lowest BCUT2D eigenvalue weighted by Crippen LogP contribution is -2.11. The second-order valence-corrected chi connectivity index (χ2v) is 5.19. The number of rotatable bonds is 6. The topological polar surface area (TPSA) is 63.5 Å². The predicted molar refractivity (Wildman–Crippen MR) is 93.4 cm³/mol. The van der Waals surface area contributed by atoms with Gasteiger partial charge in [0.2, 0.25) is 0 Å². The monoisotopic (exact) mass is 322 g/mol. The minimum absolute atomic E-state index is 0.158. The molecular weight excluding hydrogens is 304 g/mol. The van der Waals surface area contributed by atoms with Gasteiger partial charge in [0.1, 0.15) is 11.5 Å². The summed E-state index contributed by atoms with van der Waals surface area (Å²) >= 11 is 0. The Bertz CT molecular complexity index is 778. The average molecular weight is 322 g/mol. The number of benzene rings is 2. The Balaban J connectivity index is 1.57. The number of anilines is 2. The standard InChI is InChI=1S/C19H18N2O3/c1-23-17-10-4-14(5-11-17)19(22)21-16-8-6-15(7-9-16)20-13-18-3-2-12-24-18/h2-12,20H,13H2,1H3,(H,21,22). The van der Waals surface area contributed by atoms with Crippen molar-refractivity contribution in [2.45, 2.75) is 6.54 Å². The van der Waals surface area contributed by atoms with E-state index in [0.29, 0.717) is 12.1 Å². The van der Waals surface area contributed by atoms with E-state index < -0.39 is 0 Å². The quantitative estimate of drug-likeness (QED) is 0.715. The van der Waals surface area contributed by atoms with Gasteiger partial charge >= 0.3 is 0 Å². The van der Waals surface area contributed by atoms with Crippen LogP contribution in [0.5, 0.6) is 5.75 Å². The van der Waals surface area contributed by atoms with Gasteiger partial charge in [-0.1, -0.05) is 0 Å². The second kappa shape index (κ2) is 7.37. The molecule has 1 heterocycles. The van der Waals surface area contributed by atoms with Gasteiger partial charge in [-0.25, -0.2) is 0 Å². The Morgan fingerprint density at radius 2 is 1.71 bits per heavy atom. The van der Waals surface area contributed by atoms with Crippen LogP contribution in [0.3, 0.4) is 0 Å². The summed E-state index contributed by atoms with van der Waals surface area (Å²) in [5.74, 6) is 1.43. The first-order valence-electron chi connectivity index (χ1n) is 7.56. The van der Waals surface area contributed by atoms with Crippen LogP contribution < -0.4 is 15.4 Å². The maximum absolute atomic E-state index is 12.2. The molecule has 0 aliphatic rings. The van der Waals surface area contributed by atoms with Gasteiger partial charge in [-0.3, -0.25) is 4.79 Å². The molecule has 0 aliphatic carbocycles. The summed E-state index contributed by atoms with van der Waals surface area (Å²) in [4.78, 5) is 12.2. The van der Waals surface area contributed by atoms with Crippen LogP contribution in [0, 0.1) is 0 Å². The Morgan fingerprint density at radius 3 is 2.33 bits per heavy atom. The molecule has 0 unspecified atom stereocenters. The molecule has 0 saturated carbocycles. The maximum atomic E-state index is 12.2. The molecule has 122 valence electrons. The lowest BCUT2D eigenvalue weighted by molar-refractivity contribution is 0.102. The van der Waals surface area contributed by atoms with Crippen LogP contribution in [0.2, 0.25) is 0 Å². The lowest BCUT2D eigenvalue weighted by atomic mass is 10.2. The summed E-state index contributed by atoms with van der Waals surface area (Å²) in [7, 11) is 1.59. The fraction of sp³-hybridized carbons (Fsp3) is 0.105. The molecule has 0 bridgehead atoms. The van der Waals surface area contributed by atoms with Crippen molar-refractivity contribution in [1.29, 1.82) is 0 Å². The number of carbonyl (C=O) groups excluding carboxylic acids is 1. The largest absolute Gasteiger partial charge is 0.497 e. The zero-order valence-electron chi connectivity index (χ0n) is 13.3. The first kappa shape index (κ1) is 15.7. The molecule has 0 saturated heterocycles. The van der Waals surface area contributed by atoms with Crippen LogP contribution in [0.4, 0.5) is 11.4 Å². The molecule has 0 spiro atoms. The Kier molecular flexibility index (Phi) is 4.81.